The lowest BCUT2D eigenvalue weighted by Crippen LogP contribution is -2.00. The van der Waals surface area contributed by atoms with Crippen LogP contribution >= 0.6 is 11.6 Å². The van der Waals surface area contributed by atoms with Gasteiger partial charge in [-0.3, -0.25) is 0 Å². The van der Waals surface area contributed by atoms with Crippen LogP contribution < -0.4 is 10.1 Å². The molecule has 0 aliphatic heterocycles. The molecule has 0 atom stereocenters. The highest BCUT2D eigenvalue weighted by Crippen LogP contribution is 2.34. The Kier molecular flexibility index (Phi) is 4.42. The van der Waals surface area contributed by atoms with E-state index in [1.54, 1.807) is 13.2 Å². The Morgan fingerprint density at radius 2 is 1.58 bits per heavy atom. The molecule has 0 amide bonds. The van der Waals surface area contributed by atoms with Crippen molar-refractivity contribution >= 4 is 33.9 Å². The molecule has 0 saturated heterocycles. The zero-order valence-corrected chi connectivity index (χ0v) is 14.9. The van der Waals surface area contributed by atoms with Gasteiger partial charge < -0.3 is 10.1 Å². The maximum Gasteiger partial charge on any atom is 0.161 e. The SMILES string of the molecule is COc1ccc(Cl)cc1Nc1nnc(-c2ccccc2)c2ccccc12. The Balaban J connectivity index is 1.84. The predicted octanol–water partition coefficient (Wildman–Crippen LogP) is 5.70. The van der Waals surface area contributed by atoms with Gasteiger partial charge in [0.25, 0.3) is 0 Å². The van der Waals surface area contributed by atoms with Gasteiger partial charge in [0.1, 0.15) is 11.4 Å². The maximum absolute atomic E-state index is 6.13. The number of methoxy groups -OCH3 is 1. The van der Waals surface area contributed by atoms with E-state index < -0.39 is 0 Å². The first-order valence-electron chi connectivity index (χ1n) is 8.17. The van der Waals surface area contributed by atoms with Gasteiger partial charge in [-0.05, 0) is 18.2 Å². The van der Waals surface area contributed by atoms with Gasteiger partial charge >= 0.3 is 0 Å². The molecular weight excluding hydrogens is 346 g/mol. The van der Waals surface area contributed by atoms with Crippen molar-refractivity contribution in [1.29, 1.82) is 0 Å². The smallest absolute Gasteiger partial charge is 0.161 e. The number of rotatable bonds is 4. The second-order valence-corrected chi connectivity index (χ2v) is 6.21. The molecule has 0 unspecified atom stereocenters. The van der Waals surface area contributed by atoms with Crippen LogP contribution in [0.1, 0.15) is 0 Å². The number of halogens is 1. The molecule has 3 aromatic carbocycles. The van der Waals surface area contributed by atoms with E-state index in [1.165, 1.54) is 0 Å². The normalized spacial score (nSPS) is 10.7. The summed E-state index contributed by atoms with van der Waals surface area (Å²) < 4.78 is 5.41. The van der Waals surface area contributed by atoms with Crippen LogP contribution in [0, 0.1) is 0 Å². The van der Waals surface area contributed by atoms with Gasteiger partial charge in [-0.1, -0.05) is 66.2 Å². The molecule has 0 radical (unpaired) electrons. The Morgan fingerprint density at radius 1 is 0.846 bits per heavy atom. The van der Waals surface area contributed by atoms with Gasteiger partial charge in [-0.2, -0.15) is 0 Å². The van der Waals surface area contributed by atoms with E-state index >= 15 is 0 Å². The van der Waals surface area contributed by atoms with Crippen molar-refractivity contribution < 1.29 is 4.74 Å². The Morgan fingerprint density at radius 3 is 2.35 bits per heavy atom. The van der Waals surface area contributed by atoms with Gasteiger partial charge in [0.15, 0.2) is 5.82 Å². The monoisotopic (exact) mass is 361 g/mol. The van der Waals surface area contributed by atoms with E-state index in [4.69, 9.17) is 16.3 Å². The minimum atomic E-state index is 0.617. The van der Waals surface area contributed by atoms with Crippen molar-refractivity contribution in [2.45, 2.75) is 0 Å². The molecular formula is C21H16ClN3O. The fourth-order valence-electron chi connectivity index (χ4n) is 2.91. The van der Waals surface area contributed by atoms with E-state index in [-0.39, 0.29) is 0 Å². The molecule has 0 saturated carbocycles. The second kappa shape index (κ2) is 7.02. The fourth-order valence-corrected chi connectivity index (χ4v) is 3.08. The highest BCUT2D eigenvalue weighted by Gasteiger charge is 2.12. The van der Waals surface area contributed by atoms with Crippen molar-refractivity contribution in [3.8, 4) is 17.0 Å². The van der Waals surface area contributed by atoms with Crippen LogP contribution in [0.15, 0.2) is 72.8 Å². The summed E-state index contributed by atoms with van der Waals surface area (Å²) in [6.45, 7) is 0. The van der Waals surface area contributed by atoms with Gasteiger partial charge in [0, 0.05) is 21.4 Å². The van der Waals surface area contributed by atoms with E-state index in [0.29, 0.717) is 16.6 Å². The number of nitrogens with zero attached hydrogens (tertiary/aromatic N) is 2. The lowest BCUT2D eigenvalue weighted by atomic mass is 10.0. The van der Waals surface area contributed by atoms with Crippen molar-refractivity contribution in [2.75, 3.05) is 12.4 Å². The number of fused-ring (bicyclic) bond motifs is 1. The topological polar surface area (TPSA) is 47.0 Å². The summed E-state index contributed by atoms with van der Waals surface area (Å²) in [6.07, 6.45) is 0. The fraction of sp³-hybridized carbons (Fsp3) is 0.0476. The highest BCUT2D eigenvalue weighted by atomic mass is 35.5. The molecule has 0 bridgehead atoms. The maximum atomic E-state index is 6.13. The molecule has 5 heteroatoms. The number of aromatic nitrogens is 2. The van der Waals surface area contributed by atoms with Gasteiger partial charge in [0.2, 0.25) is 0 Å². The summed E-state index contributed by atoms with van der Waals surface area (Å²) >= 11 is 6.13. The third kappa shape index (κ3) is 3.07. The molecule has 26 heavy (non-hydrogen) atoms. The quantitative estimate of drug-likeness (QED) is 0.506. The van der Waals surface area contributed by atoms with E-state index in [2.05, 4.69) is 15.5 Å². The zero-order valence-electron chi connectivity index (χ0n) is 14.1. The van der Waals surface area contributed by atoms with Gasteiger partial charge in [0.05, 0.1) is 12.8 Å². The lowest BCUT2D eigenvalue weighted by Gasteiger charge is -2.13. The molecule has 4 nitrogen and oxygen atoms in total. The molecule has 0 aliphatic carbocycles. The number of hydrogen-bond acceptors (Lipinski definition) is 4. The minimum Gasteiger partial charge on any atom is -0.495 e. The number of benzene rings is 3. The predicted molar refractivity (Wildman–Crippen MR) is 106 cm³/mol. The molecule has 1 aromatic heterocycles. The average Bonchev–Trinajstić information content (AvgIpc) is 2.69. The summed E-state index contributed by atoms with van der Waals surface area (Å²) in [5.74, 6) is 1.34. The minimum absolute atomic E-state index is 0.617. The molecule has 0 spiro atoms. The van der Waals surface area contributed by atoms with Crippen LogP contribution in [-0.4, -0.2) is 17.3 Å². The second-order valence-electron chi connectivity index (χ2n) is 5.78. The Bertz CT molecular complexity index is 1070. The third-order valence-electron chi connectivity index (χ3n) is 4.15. The average molecular weight is 362 g/mol. The number of nitrogens with one attached hydrogen (secondary N) is 1. The standard InChI is InChI=1S/C21H16ClN3O/c1-26-19-12-11-15(22)13-18(19)23-21-17-10-6-5-9-16(17)20(24-25-21)14-7-3-2-4-8-14/h2-13H,1H3,(H,23,25). The van der Waals surface area contributed by atoms with Crippen LogP contribution in [0.2, 0.25) is 5.02 Å². The highest BCUT2D eigenvalue weighted by molar-refractivity contribution is 6.31. The molecule has 0 fully saturated rings. The summed E-state index contributed by atoms with van der Waals surface area (Å²) in [4.78, 5) is 0. The summed E-state index contributed by atoms with van der Waals surface area (Å²) in [6, 6.07) is 23.5. The molecule has 0 aliphatic rings. The summed E-state index contributed by atoms with van der Waals surface area (Å²) in [5, 5.41) is 14.8. The largest absolute Gasteiger partial charge is 0.495 e. The number of anilines is 2. The number of hydrogen-bond donors (Lipinski definition) is 1. The van der Waals surface area contributed by atoms with Crippen molar-refractivity contribution in [3.63, 3.8) is 0 Å². The van der Waals surface area contributed by atoms with Crippen LogP contribution in [-0.2, 0) is 0 Å². The zero-order chi connectivity index (χ0) is 17.9. The molecule has 4 aromatic rings. The molecule has 4 rings (SSSR count). The summed E-state index contributed by atoms with van der Waals surface area (Å²) in [5.41, 5.74) is 2.62. The Hall–Kier alpha value is -3.11. The first kappa shape index (κ1) is 16.4. The molecule has 1 heterocycles. The van der Waals surface area contributed by atoms with E-state index in [0.717, 1.165) is 27.7 Å². The van der Waals surface area contributed by atoms with Crippen LogP contribution in [0.5, 0.6) is 5.75 Å². The lowest BCUT2D eigenvalue weighted by molar-refractivity contribution is 0.417. The van der Waals surface area contributed by atoms with E-state index in [9.17, 15) is 0 Å². The summed E-state index contributed by atoms with van der Waals surface area (Å²) in [7, 11) is 1.62. The van der Waals surface area contributed by atoms with Crippen LogP contribution in [0.25, 0.3) is 22.0 Å². The number of ether oxygens (including phenoxy) is 1. The van der Waals surface area contributed by atoms with Crippen LogP contribution in [0.3, 0.4) is 0 Å². The van der Waals surface area contributed by atoms with Gasteiger partial charge in [-0.25, -0.2) is 0 Å². The molecule has 128 valence electrons. The van der Waals surface area contributed by atoms with E-state index in [1.807, 2.05) is 66.7 Å². The van der Waals surface area contributed by atoms with Crippen molar-refractivity contribution in [2.24, 2.45) is 0 Å². The molecule has 1 N–H and O–H groups in total. The van der Waals surface area contributed by atoms with Crippen LogP contribution in [0.4, 0.5) is 11.5 Å². The van der Waals surface area contributed by atoms with Crippen molar-refractivity contribution in [1.82, 2.24) is 10.2 Å². The Labute approximate surface area is 156 Å². The third-order valence-corrected chi connectivity index (χ3v) is 4.38. The van der Waals surface area contributed by atoms with Crippen molar-refractivity contribution in [3.05, 3.63) is 77.8 Å². The first-order valence-corrected chi connectivity index (χ1v) is 8.55. The van der Waals surface area contributed by atoms with Gasteiger partial charge in [-0.15, -0.1) is 10.2 Å². The first-order chi connectivity index (χ1) is 12.8.